The minimum Gasteiger partial charge on any atom is -0.492 e. The number of hydrogen-bond acceptors (Lipinski definition) is 3. The van der Waals surface area contributed by atoms with E-state index in [-0.39, 0.29) is 0 Å². The van der Waals surface area contributed by atoms with Crippen LogP contribution in [0.25, 0.3) is 0 Å². The summed E-state index contributed by atoms with van der Waals surface area (Å²) in [5.41, 5.74) is 0. The molecule has 2 unspecified atom stereocenters. The second-order valence-electron chi connectivity index (χ2n) is 6.41. The third kappa shape index (κ3) is 3.78. The van der Waals surface area contributed by atoms with Gasteiger partial charge >= 0.3 is 0 Å². The molecule has 2 aliphatic heterocycles. The van der Waals surface area contributed by atoms with Gasteiger partial charge in [-0.1, -0.05) is 25.1 Å². The van der Waals surface area contributed by atoms with Crippen molar-refractivity contribution in [3.63, 3.8) is 0 Å². The van der Waals surface area contributed by atoms with Crippen molar-refractivity contribution < 1.29 is 4.74 Å². The van der Waals surface area contributed by atoms with Crippen LogP contribution in [0.4, 0.5) is 0 Å². The van der Waals surface area contributed by atoms with E-state index in [4.69, 9.17) is 4.74 Å². The molecule has 0 aliphatic carbocycles. The Hall–Kier alpha value is -1.06. The quantitative estimate of drug-likeness (QED) is 0.834. The highest BCUT2D eigenvalue weighted by molar-refractivity contribution is 5.20. The van der Waals surface area contributed by atoms with E-state index in [9.17, 15) is 0 Å². The normalized spacial score (nSPS) is 28.7. The van der Waals surface area contributed by atoms with Crippen LogP contribution in [0.15, 0.2) is 30.3 Å². The van der Waals surface area contributed by atoms with E-state index < -0.39 is 0 Å². The molecule has 3 nitrogen and oxygen atoms in total. The van der Waals surface area contributed by atoms with Gasteiger partial charge in [0.05, 0.1) is 0 Å². The average molecular weight is 288 g/mol. The third-order valence-corrected chi connectivity index (χ3v) is 4.93. The number of rotatable bonds is 7. The highest BCUT2D eigenvalue weighted by atomic mass is 16.5. The van der Waals surface area contributed by atoms with Crippen molar-refractivity contribution in [2.24, 2.45) is 0 Å². The predicted molar refractivity (Wildman–Crippen MR) is 86.8 cm³/mol. The first-order valence-corrected chi connectivity index (χ1v) is 8.53. The van der Waals surface area contributed by atoms with Crippen LogP contribution in [0.2, 0.25) is 0 Å². The van der Waals surface area contributed by atoms with E-state index in [2.05, 4.69) is 17.1 Å². The fraction of sp³-hybridized carbons (Fsp3) is 0.667. The Morgan fingerprint density at radius 3 is 2.52 bits per heavy atom. The van der Waals surface area contributed by atoms with E-state index in [0.29, 0.717) is 0 Å². The van der Waals surface area contributed by atoms with Crippen LogP contribution in [0.1, 0.15) is 39.0 Å². The molecular formula is C18H28N2O. The minimum absolute atomic E-state index is 0.744. The van der Waals surface area contributed by atoms with Crippen LogP contribution >= 0.6 is 0 Å². The number of para-hydroxylation sites is 1. The smallest absolute Gasteiger partial charge is 0.119 e. The lowest BCUT2D eigenvalue weighted by Gasteiger charge is -2.39. The Balaban J connectivity index is 1.45. The van der Waals surface area contributed by atoms with Crippen LogP contribution in [0, 0.1) is 0 Å². The van der Waals surface area contributed by atoms with Gasteiger partial charge in [0.15, 0.2) is 0 Å². The molecule has 1 aromatic rings. The lowest BCUT2D eigenvalue weighted by Crippen LogP contribution is -2.50. The van der Waals surface area contributed by atoms with Gasteiger partial charge in [0.25, 0.3) is 0 Å². The summed E-state index contributed by atoms with van der Waals surface area (Å²) in [5.74, 6) is 0.990. The van der Waals surface area contributed by atoms with Crippen molar-refractivity contribution >= 4 is 0 Å². The maximum Gasteiger partial charge on any atom is 0.119 e. The molecule has 2 saturated heterocycles. The van der Waals surface area contributed by atoms with Crippen molar-refractivity contribution in [2.75, 3.05) is 19.7 Å². The minimum atomic E-state index is 0.744. The van der Waals surface area contributed by atoms with E-state index in [1.54, 1.807) is 0 Å². The summed E-state index contributed by atoms with van der Waals surface area (Å²) in [5, 5.41) is 3.72. The van der Waals surface area contributed by atoms with Gasteiger partial charge in [0.2, 0.25) is 0 Å². The fourth-order valence-corrected chi connectivity index (χ4v) is 3.94. The first kappa shape index (κ1) is 14.9. The number of fused-ring (bicyclic) bond motifs is 2. The summed E-state index contributed by atoms with van der Waals surface area (Å²) < 4.78 is 5.87. The molecule has 1 N–H and O–H groups in total. The second-order valence-corrected chi connectivity index (χ2v) is 6.41. The number of hydrogen-bond donors (Lipinski definition) is 1. The Morgan fingerprint density at radius 1 is 1.14 bits per heavy atom. The van der Waals surface area contributed by atoms with Crippen LogP contribution in [0.3, 0.4) is 0 Å². The zero-order chi connectivity index (χ0) is 14.5. The molecular weight excluding hydrogens is 260 g/mol. The van der Waals surface area contributed by atoms with E-state index >= 15 is 0 Å². The third-order valence-electron chi connectivity index (χ3n) is 4.93. The van der Waals surface area contributed by atoms with Crippen LogP contribution < -0.4 is 10.1 Å². The number of nitrogens with one attached hydrogen (secondary N) is 1. The topological polar surface area (TPSA) is 24.5 Å². The van der Waals surface area contributed by atoms with Gasteiger partial charge in [-0.15, -0.1) is 0 Å². The van der Waals surface area contributed by atoms with Crippen molar-refractivity contribution in [2.45, 2.75) is 57.2 Å². The Kier molecular flexibility index (Phi) is 5.15. The molecule has 0 aromatic heterocycles. The van der Waals surface area contributed by atoms with Gasteiger partial charge in [-0.2, -0.15) is 0 Å². The standard InChI is InChI=1S/C18H28N2O/c1-2-10-19-15-13-16-8-9-17(14-15)20(16)11-12-21-18-6-4-3-5-7-18/h3-7,15-17,19H,2,8-14H2,1H3. The van der Waals surface area contributed by atoms with Gasteiger partial charge in [-0.25, -0.2) is 0 Å². The summed E-state index contributed by atoms with van der Waals surface area (Å²) in [7, 11) is 0. The first-order valence-electron chi connectivity index (χ1n) is 8.53. The molecule has 2 aliphatic rings. The van der Waals surface area contributed by atoms with Gasteiger partial charge < -0.3 is 10.1 Å². The summed E-state index contributed by atoms with van der Waals surface area (Å²) >= 11 is 0. The van der Waals surface area contributed by atoms with Crippen LogP contribution in [-0.4, -0.2) is 42.7 Å². The maximum atomic E-state index is 5.87. The molecule has 21 heavy (non-hydrogen) atoms. The lowest BCUT2D eigenvalue weighted by molar-refractivity contribution is 0.0979. The van der Waals surface area contributed by atoms with Crippen molar-refractivity contribution in [1.29, 1.82) is 0 Å². The van der Waals surface area contributed by atoms with Gasteiger partial charge in [0.1, 0.15) is 12.4 Å². The molecule has 2 bridgehead atoms. The Bertz CT molecular complexity index is 408. The Labute approximate surface area is 128 Å². The number of nitrogens with zero attached hydrogens (tertiary/aromatic N) is 1. The van der Waals surface area contributed by atoms with Crippen LogP contribution in [0.5, 0.6) is 5.75 Å². The molecule has 2 fully saturated rings. The maximum absolute atomic E-state index is 5.87. The number of ether oxygens (including phenoxy) is 1. The van der Waals surface area contributed by atoms with E-state index in [1.165, 1.54) is 38.6 Å². The van der Waals surface area contributed by atoms with Gasteiger partial charge in [-0.05, 0) is 50.8 Å². The van der Waals surface area contributed by atoms with Crippen LogP contribution in [-0.2, 0) is 0 Å². The first-order chi connectivity index (χ1) is 10.4. The molecule has 3 rings (SSSR count). The highest BCUT2D eigenvalue weighted by Crippen LogP contribution is 2.35. The van der Waals surface area contributed by atoms with Crippen molar-refractivity contribution in [1.82, 2.24) is 10.2 Å². The number of benzene rings is 1. The number of piperidine rings is 1. The second kappa shape index (κ2) is 7.28. The van der Waals surface area contributed by atoms with E-state index in [0.717, 1.165) is 37.0 Å². The van der Waals surface area contributed by atoms with Crippen molar-refractivity contribution in [3.05, 3.63) is 30.3 Å². The molecule has 3 heteroatoms. The summed E-state index contributed by atoms with van der Waals surface area (Å²) in [4.78, 5) is 2.70. The van der Waals surface area contributed by atoms with Crippen molar-refractivity contribution in [3.8, 4) is 5.75 Å². The van der Waals surface area contributed by atoms with Gasteiger partial charge in [0, 0.05) is 24.7 Å². The fourth-order valence-electron chi connectivity index (χ4n) is 3.94. The summed E-state index contributed by atoms with van der Waals surface area (Å²) in [6, 6.07) is 12.5. The zero-order valence-electron chi connectivity index (χ0n) is 13.1. The average Bonchev–Trinajstić information content (AvgIpc) is 2.76. The molecule has 1 aromatic carbocycles. The molecule has 0 radical (unpaired) electrons. The molecule has 2 atom stereocenters. The molecule has 0 spiro atoms. The highest BCUT2D eigenvalue weighted by Gasteiger charge is 2.39. The van der Waals surface area contributed by atoms with E-state index in [1.807, 2.05) is 30.3 Å². The monoisotopic (exact) mass is 288 g/mol. The van der Waals surface area contributed by atoms with Gasteiger partial charge in [-0.3, -0.25) is 4.90 Å². The summed E-state index contributed by atoms with van der Waals surface area (Å²) in [6.07, 6.45) is 6.63. The largest absolute Gasteiger partial charge is 0.492 e. The molecule has 116 valence electrons. The SMILES string of the molecule is CCCNC1CC2CCC(C1)N2CCOc1ccccc1. The lowest BCUT2D eigenvalue weighted by atomic mass is 9.97. The predicted octanol–water partition coefficient (Wildman–Crippen LogP) is 3.06. The summed E-state index contributed by atoms with van der Waals surface area (Å²) in [6.45, 7) is 5.30. The molecule has 0 saturated carbocycles. The molecule has 0 amide bonds. The molecule has 2 heterocycles. The Morgan fingerprint density at radius 2 is 1.86 bits per heavy atom. The zero-order valence-corrected chi connectivity index (χ0v) is 13.1.